The van der Waals surface area contributed by atoms with E-state index in [4.69, 9.17) is 25.5 Å². The number of H-pyrrole nitrogens is 1. The Morgan fingerprint density at radius 1 is 1.00 bits per heavy atom. The van der Waals surface area contributed by atoms with E-state index in [-0.39, 0.29) is 23.5 Å². The number of nitrogens with one attached hydrogen (secondary N) is 1. The van der Waals surface area contributed by atoms with Crippen LogP contribution in [0.5, 0.6) is 11.5 Å². The number of furan rings is 1. The van der Waals surface area contributed by atoms with Crippen LogP contribution in [-0.4, -0.2) is 31.9 Å². The minimum Gasteiger partial charge on any atom is -0.493 e. The predicted molar refractivity (Wildman–Crippen MR) is 124 cm³/mol. The second kappa shape index (κ2) is 9.30. The number of fused-ring (bicyclic) bond motifs is 1. The van der Waals surface area contributed by atoms with Gasteiger partial charge in [0.05, 0.1) is 37.4 Å². The number of hydrogen-bond acceptors (Lipinski definition) is 6. The smallest absolute Gasteiger partial charge is 0.252 e. The fourth-order valence-electron chi connectivity index (χ4n) is 3.44. The molecule has 0 aliphatic rings. The van der Waals surface area contributed by atoms with Crippen LogP contribution in [0, 0.1) is 0 Å². The van der Waals surface area contributed by atoms with Crippen LogP contribution in [-0.2, 0) is 23.1 Å². The van der Waals surface area contributed by atoms with E-state index in [0.29, 0.717) is 33.2 Å². The van der Waals surface area contributed by atoms with E-state index >= 15 is 0 Å². The Hall–Kier alpha value is -3.27. The van der Waals surface area contributed by atoms with Crippen molar-refractivity contribution in [2.75, 3.05) is 14.2 Å². The lowest BCUT2D eigenvalue weighted by atomic mass is 10.1. The lowest BCUT2D eigenvalue weighted by molar-refractivity contribution is 0.355. The van der Waals surface area contributed by atoms with Crippen molar-refractivity contribution in [3.8, 4) is 11.5 Å². The summed E-state index contributed by atoms with van der Waals surface area (Å²) in [5.41, 5.74) is 0.392. The highest BCUT2D eigenvalue weighted by molar-refractivity contribution is 7.89. The van der Waals surface area contributed by atoms with Crippen LogP contribution in [0.15, 0.2) is 75.0 Å². The molecule has 0 saturated carbocycles. The van der Waals surface area contributed by atoms with Crippen LogP contribution in [0.25, 0.3) is 10.9 Å². The Morgan fingerprint density at radius 2 is 1.70 bits per heavy atom. The Bertz CT molecular complexity index is 1430. The van der Waals surface area contributed by atoms with Crippen molar-refractivity contribution in [1.82, 2.24) is 9.29 Å². The summed E-state index contributed by atoms with van der Waals surface area (Å²) in [5, 5.41) is 1.09. The van der Waals surface area contributed by atoms with Gasteiger partial charge in [-0.15, -0.1) is 0 Å². The first-order chi connectivity index (χ1) is 15.8. The summed E-state index contributed by atoms with van der Waals surface area (Å²) in [6.07, 6.45) is 1.46. The fourth-order valence-corrected chi connectivity index (χ4v) is 4.95. The van der Waals surface area contributed by atoms with Crippen molar-refractivity contribution in [1.29, 1.82) is 0 Å². The molecule has 33 heavy (non-hydrogen) atoms. The Labute approximate surface area is 195 Å². The van der Waals surface area contributed by atoms with E-state index in [1.165, 1.54) is 49.1 Å². The lowest BCUT2D eigenvalue weighted by Gasteiger charge is -2.21. The highest BCUT2D eigenvalue weighted by Gasteiger charge is 2.27. The molecule has 8 nitrogen and oxygen atoms in total. The minimum absolute atomic E-state index is 0.0542. The number of ether oxygens (including phenoxy) is 2. The van der Waals surface area contributed by atoms with E-state index in [0.717, 1.165) is 0 Å². The van der Waals surface area contributed by atoms with E-state index in [1.54, 1.807) is 30.3 Å². The van der Waals surface area contributed by atoms with Gasteiger partial charge >= 0.3 is 0 Å². The predicted octanol–water partition coefficient (Wildman–Crippen LogP) is 4.18. The number of pyridine rings is 1. The first-order valence-corrected chi connectivity index (χ1v) is 11.7. The molecule has 0 fully saturated rings. The minimum atomic E-state index is -3.97. The zero-order chi connectivity index (χ0) is 23.6. The molecule has 0 unspecified atom stereocenters. The van der Waals surface area contributed by atoms with Crippen molar-refractivity contribution >= 4 is 32.5 Å². The van der Waals surface area contributed by atoms with Crippen molar-refractivity contribution in [3.05, 3.63) is 87.6 Å². The fraction of sp³-hybridized carbons (Fsp3) is 0.174. The molecule has 0 aliphatic heterocycles. The zero-order valence-corrected chi connectivity index (χ0v) is 19.4. The molecular formula is C23H21ClN2O6S. The van der Waals surface area contributed by atoms with Crippen LogP contribution >= 0.6 is 11.6 Å². The Balaban J connectivity index is 1.77. The Kier molecular flexibility index (Phi) is 6.46. The summed E-state index contributed by atoms with van der Waals surface area (Å²) in [7, 11) is -0.950. The first-order valence-electron chi connectivity index (χ1n) is 9.88. The maximum Gasteiger partial charge on any atom is 0.252 e. The molecule has 1 N–H and O–H groups in total. The Morgan fingerprint density at radius 3 is 2.33 bits per heavy atom. The van der Waals surface area contributed by atoms with Crippen molar-refractivity contribution < 1.29 is 22.3 Å². The molecule has 10 heteroatoms. The topological polar surface area (TPSA) is 102 Å². The number of aromatic nitrogens is 1. The average molecular weight is 489 g/mol. The molecule has 172 valence electrons. The van der Waals surface area contributed by atoms with Crippen LogP contribution in [0.2, 0.25) is 5.02 Å². The molecule has 4 aromatic rings. The summed E-state index contributed by atoms with van der Waals surface area (Å²) in [4.78, 5) is 15.7. The number of benzene rings is 2. The van der Waals surface area contributed by atoms with Gasteiger partial charge in [0, 0.05) is 28.6 Å². The van der Waals surface area contributed by atoms with Gasteiger partial charge in [0.15, 0.2) is 11.5 Å². The van der Waals surface area contributed by atoms with Crippen molar-refractivity contribution in [3.63, 3.8) is 0 Å². The molecule has 0 radical (unpaired) electrons. The van der Waals surface area contributed by atoms with E-state index in [2.05, 4.69) is 4.98 Å². The van der Waals surface area contributed by atoms with Gasteiger partial charge in [-0.1, -0.05) is 11.6 Å². The molecule has 0 bridgehead atoms. The number of methoxy groups -OCH3 is 2. The summed E-state index contributed by atoms with van der Waals surface area (Å²) in [6.45, 7) is -0.230. The third-order valence-electron chi connectivity index (χ3n) is 5.14. The molecule has 2 aromatic heterocycles. The molecule has 4 rings (SSSR count). The number of sulfonamides is 1. The number of hydrogen-bond donors (Lipinski definition) is 1. The summed E-state index contributed by atoms with van der Waals surface area (Å²) in [6, 6.07) is 14.2. The molecule has 0 atom stereocenters. The second-order valence-corrected chi connectivity index (χ2v) is 9.60. The van der Waals surface area contributed by atoms with E-state index < -0.39 is 15.6 Å². The maximum absolute atomic E-state index is 13.4. The SMILES string of the molecule is COc1cc2cc(CN(Cc3ccco3)S(=O)(=O)c3ccc(Cl)cc3)c(=O)[nH]c2cc1OC. The molecule has 0 spiro atoms. The molecule has 0 saturated heterocycles. The van der Waals surface area contributed by atoms with Gasteiger partial charge < -0.3 is 18.9 Å². The number of halogens is 1. The molecule has 0 amide bonds. The van der Waals surface area contributed by atoms with Gasteiger partial charge in [-0.3, -0.25) is 4.79 Å². The maximum atomic E-state index is 13.4. The number of nitrogens with zero attached hydrogens (tertiary/aromatic N) is 1. The number of rotatable bonds is 8. The van der Waals surface area contributed by atoms with E-state index in [1.807, 2.05) is 0 Å². The van der Waals surface area contributed by atoms with Gasteiger partial charge in [0.1, 0.15) is 5.76 Å². The standard InChI is InChI=1S/C23H21ClN2O6S/c1-30-21-11-15-10-16(23(27)25-20(15)12-22(21)31-2)13-26(14-18-4-3-9-32-18)33(28,29)19-7-5-17(24)6-8-19/h3-12H,13-14H2,1-2H3,(H,25,27). The van der Waals surface area contributed by atoms with Crippen molar-refractivity contribution in [2.45, 2.75) is 18.0 Å². The highest BCUT2D eigenvalue weighted by atomic mass is 35.5. The number of aromatic amines is 1. The van der Waals surface area contributed by atoms with E-state index in [9.17, 15) is 13.2 Å². The normalized spacial score (nSPS) is 11.8. The van der Waals surface area contributed by atoms with Gasteiger partial charge in [0.2, 0.25) is 10.0 Å². The second-order valence-electron chi connectivity index (χ2n) is 7.22. The molecule has 2 heterocycles. The molecule has 2 aromatic carbocycles. The largest absolute Gasteiger partial charge is 0.493 e. The van der Waals surface area contributed by atoms with Gasteiger partial charge in [-0.2, -0.15) is 4.31 Å². The van der Waals surface area contributed by atoms with Gasteiger partial charge in [0.25, 0.3) is 5.56 Å². The summed E-state index contributed by atoms with van der Waals surface area (Å²) in [5.74, 6) is 1.40. The molecular weight excluding hydrogens is 468 g/mol. The zero-order valence-electron chi connectivity index (χ0n) is 17.9. The van der Waals surface area contributed by atoms with Crippen LogP contribution in [0.4, 0.5) is 0 Å². The van der Waals surface area contributed by atoms with Crippen LogP contribution in [0.3, 0.4) is 0 Å². The highest BCUT2D eigenvalue weighted by Crippen LogP contribution is 2.31. The first kappa shape index (κ1) is 22.9. The quantitative estimate of drug-likeness (QED) is 0.399. The van der Waals surface area contributed by atoms with Crippen LogP contribution in [0.1, 0.15) is 11.3 Å². The summed E-state index contributed by atoms with van der Waals surface area (Å²) >= 11 is 5.92. The van der Waals surface area contributed by atoms with Crippen molar-refractivity contribution in [2.24, 2.45) is 0 Å². The lowest BCUT2D eigenvalue weighted by Crippen LogP contribution is -2.32. The van der Waals surface area contributed by atoms with Gasteiger partial charge in [-0.05, 0) is 48.5 Å². The third kappa shape index (κ3) is 4.75. The summed E-state index contributed by atoms with van der Waals surface area (Å²) < 4.78 is 44.0. The third-order valence-corrected chi connectivity index (χ3v) is 7.19. The van der Waals surface area contributed by atoms with Gasteiger partial charge in [-0.25, -0.2) is 8.42 Å². The molecule has 0 aliphatic carbocycles. The average Bonchev–Trinajstić information content (AvgIpc) is 3.31. The monoisotopic (exact) mass is 488 g/mol. The van der Waals surface area contributed by atoms with Crippen LogP contribution < -0.4 is 15.0 Å².